The zero-order valence-corrected chi connectivity index (χ0v) is 12.7. The Morgan fingerprint density at radius 3 is 2.35 bits per heavy atom. The van der Waals surface area contributed by atoms with Crippen LogP contribution in [0, 0.1) is 0 Å². The lowest BCUT2D eigenvalue weighted by atomic mass is 10.1. The van der Waals surface area contributed by atoms with E-state index in [-0.39, 0.29) is 0 Å². The number of carbonyl (C=O) groups excluding carboxylic acids is 1. The van der Waals surface area contributed by atoms with Crippen molar-refractivity contribution in [3.8, 4) is 5.75 Å². The first-order chi connectivity index (χ1) is 9.30. The highest BCUT2D eigenvalue weighted by Crippen LogP contribution is 2.12. The smallest absolute Gasteiger partial charge is 0.428 e. The number of carbonyl (C=O) groups is 1. The predicted octanol–water partition coefficient (Wildman–Crippen LogP) is 3.14. The van der Waals surface area contributed by atoms with Crippen molar-refractivity contribution in [3.05, 3.63) is 29.8 Å². The number of benzene rings is 1. The van der Waals surface area contributed by atoms with Gasteiger partial charge in [0.1, 0.15) is 11.4 Å². The molecule has 0 fully saturated rings. The number of nitrogens with one attached hydrogen (secondary N) is 1. The van der Waals surface area contributed by atoms with E-state index in [1.807, 2.05) is 31.2 Å². The number of hydrogen-bond donors (Lipinski definition) is 1. The van der Waals surface area contributed by atoms with Gasteiger partial charge in [-0.05, 0) is 45.4 Å². The van der Waals surface area contributed by atoms with E-state index in [1.54, 1.807) is 27.9 Å². The van der Waals surface area contributed by atoms with Crippen molar-refractivity contribution in [1.82, 2.24) is 5.43 Å². The van der Waals surface area contributed by atoms with Gasteiger partial charge in [-0.1, -0.05) is 12.1 Å². The lowest BCUT2D eigenvalue weighted by Gasteiger charge is -2.18. The summed E-state index contributed by atoms with van der Waals surface area (Å²) in [5, 5.41) is 4.01. The lowest BCUT2D eigenvalue weighted by molar-refractivity contribution is 0.0529. The Balaban J connectivity index is 2.50. The number of methoxy groups -OCH3 is 1. The summed E-state index contributed by atoms with van der Waals surface area (Å²) in [6.07, 6.45) is 0.103. The minimum absolute atomic E-state index is 0.524. The maximum Gasteiger partial charge on any atom is 0.428 e. The Kier molecular flexibility index (Phi) is 5.55. The average molecular weight is 278 g/mol. The Hall–Kier alpha value is -2.04. The first kappa shape index (κ1) is 16.0. The highest BCUT2D eigenvalue weighted by atomic mass is 16.6. The molecular weight excluding hydrogens is 256 g/mol. The van der Waals surface area contributed by atoms with Crippen molar-refractivity contribution in [1.29, 1.82) is 0 Å². The van der Waals surface area contributed by atoms with E-state index in [9.17, 15) is 4.79 Å². The Morgan fingerprint density at radius 2 is 1.85 bits per heavy atom. The van der Waals surface area contributed by atoms with E-state index in [4.69, 9.17) is 9.47 Å². The van der Waals surface area contributed by atoms with Gasteiger partial charge in [-0.25, -0.2) is 10.2 Å². The number of nitrogens with zero attached hydrogens (tertiary/aromatic N) is 1. The van der Waals surface area contributed by atoms with Crippen molar-refractivity contribution >= 4 is 11.8 Å². The molecule has 1 amide bonds. The van der Waals surface area contributed by atoms with Crippen LogP contribution in [0.2, 0.25) is 0 Å². The number of hydrogen-bond acceptors (Lipinski definition) is 4. The molecule has 110 valence electrons. The second-order valence-electron chi connectivity index (χ2n) is 5.49. The third kappa shape index (κ3) is 6.22. The maximum atomic E-state index is 11.4. The van der Waals surface area contributed by atoms with Crippen LogP contribution < -0.4 is 10.2 Å². The fraction of sp³-hybridized carbons (Fsp3) is 0.467. The second-order valence-corrected chi connectivity index (χ2v) is 5.49. The van der Waals surface area contributed by atoms with E-state index in [1.165, 1.54) is 0 Å². The molecule has 0 unspecified atom stereocenters. The first-order valence-corrected chi connectivity index (χ1v) is 6.45. The van der Waals surface area contributed by atoms with Crippen LogP contribution in [0.4, 0.5) is 4.79 Å². The van der Waals surface area contributed by atoms with E-state index in [0.29, 0.717) is 6.42 Å². The third-order valence-corrected chi connectivity index (χ3v) is 2.36. The minimum atomic E-state index is -0.549. The quantitative estimate of drug-likeness (QED) is 0.680. The van der Waals surface area contributed by atoms with Crippen LogP contribution in [-0.4, -0.2) is 24.5 Å². The van der Waals surface area contributed by atoms with E-state index in [0.717, 1.165) is 17.0 Å². The van der Waals surface area contributed by atoms with Gasteiger partial charge in [-0.15, -0.1) is 0 Å². The molecule has 1 N–H and O–H groups in total. The van der Waals surface area contributed by atoms with Crippen LogP contribution in [0.3, 0.4) is 0 Å². The van der Waals surface area contributed by atoms with Crippen LogP contribution in [-0.2, 0) is 11.2 Å². The fourth-order valence-electron chi connectivity index (χ4n) is 1.52. The highest BCUT2D eigenvalue weighted by molar-refractivity contribution is 5.85. The molecule has 0 aliphatic heterocycles. The highest BCUT2D eigenvalue weighted by Gasteiger charge is 2.15. The van der Waals surface area contributed by atoms with Crippen LogP contribution in [0.25, 0.3) is 0 Å². The Bertz CT molecular complexity index is 473. The molecule has 5 heteroatoms. The van der Waals surface area contributed by atoms with Gasteiger partial charge in [-0.2, -0.15) is 5.10 Å². The SMILES string of the molecule is COc1ccc(C/C(C)=N\NC(=O)OC(C)(C)C)cc1. The normalized spacial score (nSPS) is 11.9. The molecule has 1 aromatic rings. The molecule has 0 aliphatic carbocycles. The summed E-state index contributed by atoms with van der Waals surface area (Å²) in [5.74, 6) is 0.815. The van der Waals surface area contributed by atoms with Crippen molar-refractivity contribution in [3.63, 3.8) is 0 Å². The average Bonchev–Trinajstić information content (AvgIpc) is 2.35. The summed E-state index contributed by atoms with van der Waals surface area (Å²) in [4.78, 5) is 11.4. The number of rotatable bonds is 4. The van der Waals surface area contributed by atoms with Gasteiger partial charge >= 0.3 is 6.09 Å². The molecule has 5 nitrogen and oxygen atoms in total. The van der Waals surface area contributed by atoms with Crippen LogP contribution in [0.5, 0.6) is 5.75 Å². The number of ether oxygens (including phenoxy) is 2. The maximum absolute atomic E-state index is 11.4. The van der Waals surface area contributed by atoms with Crippen molar-refractivity contribution in [2.75, 3.05) is 7.11 Å². The first-order valence-electron chi connectivity index (χ1n) is 6.45. The minimum Gasteiger partial charge on any atom is -0.497 e. The van der Waals surface area contributed by atoms with Gasteiger partial charge < -0.3 is 9.47 Å². The lowest BCUT2D eigenvalue weighted by Crippen LogP contribution is -2.30. The van der Waals surface area contributed by atoms with Crippen molar-refractivity contribution in [2.24, 2.45) is 5.10 Å². The van der Waals surface area contributed by atoms with Crippen LogP contribution in [0.1, 0.15) is 33.3 Å². The zero-order valence-electron chi connectivity index (χ0n) is 12.7. The molecule has 0 saturated heterocycles. The molecule has 0 atom stereocenters. The van der Waals surface area contributed by atoms with Gasteiger partial charge in [0.05, 0.1) is 7.11 Å². The van der Waals surface area contributed by atoms with E-state index >= 15 is 0 Å². The van der Waals surface area contributed by atoms with Gasteiger partial charge in [-0.3, -0.25) is 0 Å². The third-order valence-electron chi connectivity index (χ3n) is 2.36. The molecule has 1 aromatic carbocycles. The van der Waals surface area contributed by atoms with Gasteiger partial charge in [0.15, 0.2) is 0 Å². The van der Waals surface area contributed by atoms with E-state index in [2.05, 4.69) is 10.5 Å². The molecule has 0 aliphatic rings. The Morgan fingerprint density at radius 1 is 1.25 bits per heavy atom. The molecule has 20 heavy (non-hydrogen) atoms. The number of amides is 1. The van der Waals surface area contributed by atoms with Gasteiger partial charge in [0.25, 0.3) is 0 Å². The molecule has 0 aromatic heterocycles. The summed E-state index contributed by atoms with van der Waals surface area (Å²) in [6.45, 7) is 7.27. The largest absolute Gasteiger partial charge is 0.497 e. The number of hydrazone groups is 1. The fourth-order valence-corrected chi connectivity index (χ4v) is 1.52. The topological polar surface area (TPSA) is 59.9 Å². The molecule has 0 saturated carbocycles. The summed E-state index contributed by atoms with van der Waals surface area (Å²) in [6, 6.07) is 7.71. The predicted molar refractivity (Wildman–Crippen MR) is 79.2 cm³/mol. The van der Waals surface area contributed by atoms with Crippen molar-refractivity contribution in [2.45, 2.75) is 39.7 Å². The van der Waals surface area contributed by atoms with E-state index < -0.39 is 11.7 Å². The molecule has 0 bridgehead atoms. The second kappa shape index (κ2) is 6.93. The monoisotopic (exact) mass is 278 g/mol. The van der Waals surface area contributed by atoms with Crippen molar-refractivity contribution < 1.29 is 14.3 Å². The Labute approximate surface area is 120 Å². The van der Waals surface area contributed by atoms with Crippen LogP contribution >= 0.6 is 0 Å². The van der Waals surface area contributed by atoms with Crippen LogP contribution in [0.15, 0.2) is 29.4 Å². The summed E-state index contributed by atoms with van der Waals surface area (Å²) >= 11 is 0. The molecule has 0 spiro atoms. The van der Waals surface area contributed by atoms with Gasteiger partial charge in [0, 0.05) is 12.1 Å². The molecule has 0 radical (unpaired) electrons. The summed E-state index contributed by atoms with van der Waals surface area (Å²) in [5.41, 5.74) is 3.75. The molecule has 0 heterocycles. The molecular formula is C15H22N2O3. The summed E-state index contributed by atoms with van der Waals surface area (Å²) < 4.78 is 10.2. The molecule has 1 rings (SSSR count). The van der Waals surface area contributed by atoms with Gasteiger partial charge in [0.2, 0.25) is 0 Å². The zero-order chi connectivity index (χ0) is 15.2. The standard InChI is InChI=1S/C15H22N2O3/c1-11(16-17-14(18)20-15(2,3)4)10-12-6-8-13(19-5)9-7-12/h6-9H,10H2,1-5H3,(H,17,18)/b16-11-. The summed E-state index contributed by atoms with van der Waals surface area (Å²) in [7, 11) is 1.63.